The molecule has 1 amide bonds. The van der Waals surface area contributed by atoms with Gasteiger partial charge in [0.2, 0.25) is 0 Å². The second kappa shape index (κ2) is 7.55. The molecule has 0 rings (SSSR count). The van der Waals surface area contributed by atoms with Crippen LogP contribution in [-0.2, 0) is 4.79 Å². The van der Waals surface area contributed by atoms with Crippen molar-refractivity contribution in [1.82, 2.24) is 10.2 Å². The molecule has 0 spiro atoms. The van der Waals surface area contributed by atoms with Crippen LogP contribution in [0.5, 0.6) is 0 Å². The summed E-state index contributed by atoms with van der Waals surface area (Å²) >= 11 is 16.2. The van der Waals surface area contributed by atoms with E-state index in [9.17, 15) is 4.79 Å². The third-order valence-corrected chi connectivity index (χ3v) is 2.60. The van der Waals surface area contributed by atoms with Crippen LogP contribution in [0, 0.1) is 0 Å². The van der Waals surface area contributed by atoms with E-state index in [1.165, 1.54) is 0 Å². The van der Waals surface area contributed by atoms with Crippen molar-refractivity contribution in [3.63, 3.8) is 0 Å². The SMILES string of the molecule is CCN(CC)CCCNC(=O)C(Cl)(Cl)Cl. The van der Waals surface area contributed by atoms with Crippen molar-refractivity contribution in [3.05, 3.63) is 0 Å². The normalized spacial score (nSPS) is 11.9. The molecule has 0 bridgehead atoms. The smallest absolute Gasteiger partial charge is 0.272 e. The van der Waals surface area contributed by atoms with Gasteiger partial charge in [-0.2, -0.15) is 0 Å². The first-order valence-corrected chi connectivity index (χ1v) is 6.12. The molecular formula is C9H17Cl3N2O. The molecule has 0 aromatic heterocycles. The van der Waals surface area contributed by atoms with Crippen LogP contribution in [-0.4, -0.2) is 40.8 Å². The molecule has 3 nitrogen and oxygen atoms in total. The number of carbonyl (C=O) groups is 1. The number of alkyl halides is 3. The van der Waals surface area contributed by atoms with E-state index in [1.54, 1.807) is 0 Å². The van der Waals surface area contributed by atoms with Crippen molar-refractivity contribution in [1.29, 1.82) is 0 Å². The van der Waals surface area contributed by atoms with Gasteiger partial charge in [-0.15, -0.1) is 0 Å². The average Bonchev–Trinajstić information content (AvgIpc) is 2.16. The lowest BCUT2D eigenvalue weighted by atomic mass is 10.3. The molecule has 0 heterocycles. The van der Waals surface area contributed by atoms with E-state index in [2.05, 4.69) is 24.1 Å². The van der Waals surface area contributed by atoms with Crippen LogP contribution in [0.2, 0.25) is 0 Å². The minimum Gasteiger partial charge on any atom is -0.352 e. The fourth-order valence-electron chi connectivity index (χ4n) is 1.14. The van der Waals surface area contributed by atoms with Gasteiger partial charge in [0.05, 0.1) is 0 Å². The molecule has 0 saturated heterocycles. The van der Waals surface area contributed by atoms with Gasteiger partial charge in [-0.1, -0.05) is 48.7 Å². The summed E-state index contributed by atoms with van der Waals surface area (Å²) in [5.41, 5.74) is 0. The second-order valence-corrected chi connectivity index (χ2v) is 5.42. The maximum Gasteiger partial charge on any atom is 0.272 e. The van der Waals surface area contributed by atoms with E-state index in [4.69, 9.17) is 34.8 Å². The molecule has 0 fully saturated rings. The van der Waals surface area contributed by atoms with E-state index < -0.39 is 9.70 Å². The maximum absolute atomic E-state index is 11.1. The summed E-state index contributed by atoms with van der Waals surface area (Å²) in [6.45, 7) is 7.69. The van der Waals surface area contributed by atoms with Crippen LogP contribution < -0.4 is 5.32 Å². The molecule has 0 aliphatic heterocycles. The summed E-state index contributed by atoms with van der Waals surface area (Å²) in [5.74, 6) is -0.563. The summed E-state index contributed by atoms with van der Waals surface area (Å²) in [5, 5.41) is 2.56. The van der Waals surface area contributed by atoms with Gasteiger partial charge in [-0.25, -0.2) is 0 Å². The van der Waals surface area contributed by atoms with Crippen LogP contribution in [0.25, 0.3) is 0 Å². The molecule has 90 valence electrons. The third-order valence-electron chi connectivity index (χ3n) is 2.09. The van der Waals surface area contributed by atoms with Crippen molar-refractivity contribution in [2.75, 3.05) is 26.2 Å². The van der Waals surface area contributed by atoms with Crippen LogP contribution >= 0.6 is 34.8 Å². The van der Waals surface area contributed by atoms with E-state index in [-0.39, 0.29) is 0 Å². The summed E-state index contributed by atoms with van der Waals surface area (Å²) in [6, 6.07) is 0. The number of nitrogens with zero attached hydrogens (tertiary/aromatic N) is 1. The Bertz CT molecular complexity index is 190. The van der Waals surface area contributed by atoms with Gasteiger partial charge in [0.15, 0.2) is 0 Å². The van der Waals surface area contributed by atoms with Crippen molar-refractivity contribution < 1.29 is 4.79 Å². The molecule has 0 aromatic rings. The Labute approximate surface area is 106 Å². The summed E-state index contributed by atoms with van der Waals surface area (Å²) in [4.78, 5) is 13.4. The molecule has 0 aliphatic rings. The average molecular weight is 276 g/mol. The minimum absolute atomic E-state index is 0.531. The number of halogens is 3. The Hall–Kier alpha value is 0.300. The topological polar surface area (TPSA) is 32.3 Å². The van der Waals surface area contributed by atoms with Gasteiger partial charge in [-0.05, 0) is 26.1 Å². The van der Waals surface area contributed by atoms with Crippen LogP contribution in [0.3, 0.4) is 0 Å². The van der Waals surface area contributed by atoms with Gasteiger partial charge in [-0.3, -0.25) is 4.79 Å². The highest BCUT2D eigenvalue weighted by atomic mass is 35.6. The van der Waals surface area contributed by atoms with Gasteiger partial charge < -0.3 is 10.2 Å². The minimum atomic E-state index is -1.85. The fraction of sp³-hybridized carbons (Fsp3) is 0.889. The zero-order valence-corrected chi connectivity index (χ0v) is 11.3. The molecule has 6 heteroatoms. The molecule has 0 atom stereocenters. The standard InChI is InChI=1S/C9H17Cl3N2O/c1-3-14(4-2)7-5-6-13-8(15)9(10,11)12/h3-7H2,1-2H3,(H,13,15). The number of nitrogens with one attached hydrogen (secondary N) is 1. The molecule has 1 N–H and O–H groups in total. The van der Waals surface area contributed by atoms with E-state index >= 15 is 0 Å². The number of carbonyl (C=O) groups excluding carboxylic acids is 1. The van der Waals surface area contributed by atoms with Crippen molar-refractivity contribution >= 4 is 40.7 Å². The lowest BCUT2D eigenvalue weighted by Crippen LogP contribution is -2.36. The van der Waals surface area contributed by atoms with E-state index in [0.717, 1.165) is 26.1 Å². The molecule has 15 heavy (non-hydrogen) atoms. The highest BCUT2D eigenvalue weighted by Gasteiger charge is 2.29. The summed E-state index contributed by atoms with van der Waals surface area (Å²) < 4.78 is -1.85. The number of rotatable bonds is 6. The number of hydrogen-bond acceptors (Lipinski definition) is 2. The highest BCUT2D eigenvalue weighted by molar-refractivity contribution is 6.76. The van der Waals surface area contributed by atoms with E-state index in [0.29, 0.717) is 6.54 Å². The lowest BCUT2D eigenvalue weighted by Gasteiger charge is -2.18. The van der Waals surface area contributed by atoms with E-state index in [1.807, 2.05) is 0 Å². The van der Waals surface area contributed by atoms with Crippen LogP contribution in [0.15, 0.2) is 0 Å². The number of hydrogen-bond donors (Lipinski definition) is 1. The van der Waals surface area contributed by atoms with Crippen molar-refractivity contribution in [3.8, 4) is 0 Å². The lowest BCUT2D eigenvalue weighted by molar-refractivity contribution is -0.120. The maximum atomic E-state index is 11.1. The predicted molar refractivity (Wildman–Crippen MR) is 65.7 cm³/mol. The Kier molecular flexibility index (Phi) is 7.70. The van der Waals surface area contributed by atoms with Gasteiger partial charge in [0.25, 0.3) is 9.70 Å². The fourth-order valence-corrected chi connectivity index (χ4v) is 1.35. The molecule has 0 aromatic carbocycles. The molecule has 0 aliphatic carbocycles. The Balaban J connectivity index is 3.59. The first-order valence-electron chi connectivity index (χ1n) is 4.99. The van der Waals surface area contributed by atoms with Crippen LogP contribution in [0.1, 0.15) is 20.3 Å². The van der Waals surface area contributed by atoms with Crippen LogP contribution in [0.4, 0.5) is 0 Å². The Morgan fingerprint density at radius 1 is 1.27 bits per heavy atom. The Morgan fingerprint density at radius 3 is 2.20 bits per heavy atom. The van der Waals surface area contributed by atoms with Crippen molar-refractivity contribution in [2.45, 2.75) is 24.1 Å². The number of amides is 1. The highest BCUT2D eigenvalue weighted by Crippen LogP contribution is 2.25. The summed E-state index contributed by atoms with van der Waals surface area (Å²) in [6.07, 6.45) is 0.855. The zero-order valence-electron chi connectivity index (χ0n) is 9.02. The molecule has 0 unspecified atom stereocenters. The first kappa shape index (κ1) is 15.3. The van der Waals surface area contributed by atoms with Crippen molar-refractivity contribution in [2.24, 2.45) is 0 Å². The monoisotopic (exact) mass is 274 g/mol. The summed E-state index contributed by atoms with van der Waals surface area (Å²) in [7, 11) is 0. The zero-order chi connectivity index (χ0) is 11.9. The second-order valence-electron chi connectivity index (χ2n) is 3.13. The Morgan fingerprint density at radius 2 is 1.80 bits per heavy atom. The predicted octanol–water partition coefficient (Wildman–Crippen LogP) is 2.20. The largest absolute Gasteiger partial charge is 0.352 e. The van der Waals surface area contributed by atoms with Gasteiger partial charge in [0, 0.05) is 6.54 Å². The molecule has 0 radical (unpaired) electrons. The first-order chi connectivity index (χ1) is 6.91. The van der Waals surface area contributed by atoms with Gasteiger partial charge >= 0.3 is 0 Å². The molecular weight excluding hydrogens is 258 g/mol. The van der Waals surface area contributed by atoms with Gasteiger partial charge in [0.1, 0.15) is 0 Å². The quantitative estimate of drug-likeness (QED) is 0.595. The third kappa shape index (κ3) is 7.23. The molecule has 0 saturated carbocycles.